The van der Waals surface area contributed by atoms with Crippen LogP contribution in [0.2, 0.25) is 5.02 Å². The highest BCUT2D eigenvalue weighted by Crippen LogP contribution is 2.19. The Balaban J connectivity index is 1.79. The van der Waals surface area contributed by atoms with Crippen molar-refractivity contribution in [1.82, 2.24) is 14.6 Å². The second kappa shape index (κ2) is 5.81. The number of benzene rings is 2. The zero-order chi connectivity index (χ0) is 16.7. The molecule has 0 bridgehead atoms. The SMILES string of the molecule is O=c1c(=Cc2ccc(F)cc2)sc2nc(-c3ccc(Cl)cc3)nn12. The summed E-state index contributed by atoms with van der Waals surface area (Å²) in [6.07, 6.45) is 1.70. The smallest absolute Gasteiger partial charge is 0.266 e. The number of hydrogen-bond acceptors (Lipinski definition) is 4. The summed E-state index contributed by atoms with van der Waals surface area (Å²) in [6.45, 7) is 0. The van der Waals surface area contributed by atoms with Gasteiger partial charge in [0.15, 0.2) is 5.82 Å². The zero-order valence-corrected chi connectivity index (χ0v) is 13.7. The maximum absolute atomic E-state index is 12.9. The molecule has 118 valence electrons. The summed E-state index contributed by atoms with van der Waals surface area (Å²) in [5, 5.41) is 4.89. The van der Waals surface area contributed by atoms with Crippen LogP contribution >= 0.6 is 22.9 Å². The molecule has 0 N–H and O–H groups in total. The summed E-state index contributed by atoms with van der Waals surface area (Å²) >= 11 is 7.11. The Morgan fingerprint density at radius 1 is 1.08 bits per heavy atom. The quantitative estimate of drug-likeness (QED) is 0.553. The standard InChI is InChI=1S/C17H9ClFN3OS/c18-12-5-3-11(4-6-12)15-20-17-22(21-15)16(23)14(24-17)9-10-1-7-13(19)8-2-10/h1-9H. The minimum absolute atomic E-state index is 0.243. The van der Waals surface area contributed by atoms with Gasteiger partial charge in [-0.3, -0.25) is 4.79 Å². The van der Waals surface area contributed by atoms with Gasteiger partial charge in [-0.15, -0.1) is 5.10 Å². The number of aromatic nitrogens is 3. The molecule has 0 aliphatic heterocycles. The van der Waals surface area contributed by atoms with Crippen molar-refractivity contribution in [2.24, 2.45) is 0 Å². The van der Waals surface area contributed by atoms with Crippen LogP contribution in [0.25, 0.3) is 22.4 Å². The van der Waals surface area contributed by atoms with Gasteiger partial charge in [-0.25, -0.2) is 4.39 Å². The zero-order valence-electron chi connectivity index (χ0n) is 12.1. The molecule has 0 saturated heterocycles. The normalized spacial score (nSPS) is 12.2. The van der Waals surface area contributed by atoms with E-state index in [9.17, 15) is 9.18 Å². The van der Waals surface area contributed by atoms with Crippen molar-refractivity contribution in [3.63, 3.8) is 0 Å². The summed E-state index contributed by atoms with van der Waals surface area (Å²) < 4.78 is 14.7. The van der Waals surface area contributed by atoms with E-state index in [0.717, 1.165) is 11.1 Å². The van der Waals surface area contributed by atoms with Crippen LogP contribution in [0.4, 0.5) is 4.39 Å². The molecule has 4 rings (SSSR count). The fraction of sp³-hybridized carbons (Fsp3) is 0. The number of nitrogens with zero attached hydrogens (tertiary/aromatic N) is 3. The largest absolute Gasteiger partial charge is 0.291 e. The minimum atomic E-state index is -0.315. The third kappa shape index (κ3) is 2.70. The molecule has 2 aromatic carbocycles. The Kier molecular flexibility index (Phi) is 3.63. The lowest BCUT2D eigenvalue weighted by Gasteiger charge is -1.94. The van der Waals surface area contributed by atoms with Crippen LogP contribution in [0.3, 0.4) is 0 Å². The molecule has 0 aliphatic carbocycles. The summed E-state index contributed by atoms with van der Waals surface area (Å²) in [7, 11) is 0. The Hall–Kier alpha value is -2.57. The van der Waals surface area contributed by atoms with E-state index in [1.165, 1.54) is 28.0 Å². The lowest BCUT2D eigenvalue weighted by Crippen LogP contribution is -2.23. The molecule has 0 unspecified atom stereocenters. The molecule has 0 saturated carbocycles. The molecule has 2 aromatic heterocycles. The summed E-state index contributed by atoms with van der Waals surface area (Å²) in [4.78, 5) is 17.4. The molecule has 0 radical (unpaired) electrons. The van der Waals surface area contributed by atoms with E-state index in [1.54, 1.807) is 42.5 Å². The molecule has 0 spiro atoms. The molecule has 4 aromatic rings. The fourth-order valence-corrected chi connectivity index (χ4v) is 3.30. The van der Waals surface area contributed by atoms with Gasteiger partial charge in [0.05, 0.1) is 4.53 Å². The molecule has 2 heterocycles. The van der Waals surface area contributed by atoms with Crippen LogP contribution in [0.1, 0.15) is 5.56 Å². The Bertz CT molecular complexity index is 1130. The van der Waals surface area contributed by atoms with E-state index >= 15 is 0 Å². The molecule has 0 fully saturated rings. The van der Waals surface area contributed by atoms with E-state index in [0.29, 0.717) is 20.3 Å². The van der Waals surface area contributed by atoms with Gasteiger partial charge in [-0.05, 0) is 48.0 Å². The van der Waals surface area contributed by atoms with Crippen molar-refractivity contribution in [1.29, 1.82) is 0 Å². The number of halogens is 2. The second-order valence-electron chi connectivity index (χ2n) is 5.10. The van der Waals surface area contributed by atoms with Gasteiger partial charge < -0.3 is 0 Å². The first-order valence-corrected chi connectivity index (χ1v) is 8.22. The predicted octanol–water partition coefficient (Wildman–Crippen LogP) is 3.16. The number of fused-ring (bicyclic) bond motifs is 1. The maximum atomic E-state index is 12.9. The third-order valence-corrected chi connectivity index (χ3v) is 4.66. The Morgan fingerprint density at radius 3 is 2.46 bits per heavy atom. The van der Waals surface area contributed by atoms with Gasteiger partial charge in [-0.2, -0.15) is 9.50 Å². The van der Waals surface area contributed by atoms with E-state index < -0.39 is 0 Å². The van der Waals surface area contributed by atoms with Gasteiger partial charge in [-0.1, -0.05) is 35.1 Å². The van der Waals surface area contributed by atoms with E-state index in [1.807, 2.05) is 0 Å². The first-order chi connectivity index (χ1) is 11.6. The number of hydrogen-bond donors (Lipinski definition) is 0. The third-order valence-electron chi connectivity index (χ3n) is 3.45. The Morgan fingerprint density at radius 2 is 1.79 bits per heavy atom. The number of rotatable bonds is 2. The van der Waals surface area contributed by atoms with Gasteiger partial charge in [0, 0.05) is 10.6 Å². The molecule has 0 amide bonds. The number of thiazole rings is 1. The molecule has 7 heteroatoms. The highest BCUT2D eigenvalue weighted by molar-refractivity contribution is 7.15. The first kappa shape index (κ1) is 15.0. The van der Waals surface area contributed by atoms with Crippen molar-refractivity contribution < 1.29 is 4.39 Å². The average Bonchev–Trinajstić information content (AvgIpc) is 3.11. The van der Waals surface area contributed by atoms with Crippen molar-refractivity contribution in [2.45, 2.75) is 0 Å². The van der Waals surface area contributed by atoms with E-state index in [2.05, 4.69) is 10.1 Å². The van der Waals surface area contributed by atoms with Gasteiger partial charge in [0.2, 0.25) is 4.96 Å². The van der Waals surface area contributed by atoms with Crippen LogP contribution in [-0.4, -0.2) is 14.6 Å². The van der Waals surface area contributed by atoms with Crippen molar-refractivity contribution in [3.8, 4) is 11.4 Å². The van der Waals surface area contributed by atoms with Crippen LogP contribution in [0, 0.1) is 5.82 Å². The maximum Gasteiger partial charge on any atom is 0.291 e. The molecule has 0 atom stereocenters. The van der Waals surface area contributed by atoms with E-state index in [4.69, 9.17) is 11.6 Å². The summed E-state index contributed by atoms with van der Waals surface area (Å²) in [5.41, 5.74) is 1.29. The molecule has 0 aliphatic rings. The minimum Gasteiger partial charge on any atom is -0.266 e. The van der Waals surface area contributed by atoms with Crippen LogP contribution in [0.15, 0.2) is 53.3 Å². The highest BCUT2D eigenvalue weighted by Gasteiger charge is 2.11. The van der Waals surface area contributed by atoms with Crippen molar-refractivity contribution in [2.75, 3.05) is 0 Å². The van der Waals surface area contributed by atoms with Crippen LogP contribution < -0.4 is 10.1 Å². The monoisotopic (exact) mass is 357 g/mol. The fourth-order valence-electron chi connectivity index (χ4n) is 2.27. The first-order valence-electron chi connectivity index (χ1n) is 7.03. The average molecular weight is 358 g/mol. The predicted molar refractivity (Wildman–Crippen MR) is 92.8 cm³/mol. The highest BCUT2D eigenvalue weighted by atomic mass is 35.5. The molecule has 24 heavy (non-hydrogen) atoms. The van der Waals surface area contributed by atoms with Crippen molar-refractivity contribution >= 4 is 34.0 Å². The van der Waals surface area contributed by atoms with Gasteiger partial charge in [0.25, 0.3) is 5.56 Å². The molecular weight excluding hydrogens is 349 g/mol. The lowest BCUT2D eigenvalue weighted by atomic mass is 10.2. The van der Waals surface area contributed by atoms with E-state index in [-0.39, 0.29) is 11.4 Å². The summed E-state index contributed by atoms with van der Waals surface area (Å²) in [5.74, 6) is 0.160. The molecule has 4 nitrogen and oxygen atoms in total. The summed E-state index contributed by atoms with van der Waals surface area (Å²) in [6, 6.07) is 13.0. The second-order valence-corrected chi connectivity index (χ2v) is 6.55. The van der Waals surface area contributed by atoms with Gasteiger partial charge >= 0.3 is 0 Å². The Labute approximate surface area is 144 Å². The lowest BCUT2D eigenvalue weighted by molar-refractivity contribution is 0.628. The van der Waals surface area contributed by atoms with Crippen LogP contribution in [0.5, 0.6) is 0 Å². The topological polar surface area (TPSA) is 47.3 Å². The van der Waals surface area contributed by atoms with Crippen molar-refractivity contribution in [3.05, 3.63) is 79.8 Å². The van der Waals surface area contributed by atoms with Gasteiger partial charge in [0.1, 0.15) is 5.82 Å². The van der Waals surface area contributed by atoms with Crippen LogP contribution in [-0.2, 0) is 0 Å². The molecular formula is C17H9ClFN3OS.